The smallest absolute Gasteiger partial charge is 0.227 e. The molecule has 188 valence electrons. The summed E-state index contributed by atoms with van der Waals surface area (Å²) in [6, 6.07) is 1.46. The number of nitrogens with one attached hydrogen (secondary N) is 6. The summed E-state index contributed by atoms with van der Waals surface area (Å²) in [5.74, 6) is 2.15. The normalized spacial score (nSPS) is 43.8. The second kappa shape index (κ2) is 11.1. The molecule has 0 saturated carbocycles. The zero-order valence-electron chi connectivity index (χ0n) is 20.1. The van der Waals surface area contributed by atoms with Crippen LogP contribution in [-0.4, -0.2) is 97.8 Å². The van der Waals surface area contributed by atoms with Gasteiger partial charge in [-0.3, -0.25) is 26.2 Å². The summed E-state index contributed by atoms with van der Waals surface area (Å²) in [5.41, 5.74) is 3.52. The summed E-state index contributed by atoms with van der Waals surface area (Å²) in [6.45, 7) is 9.30. The highest BCUT2D eigenvalue weighted by Gasteiger charge is 2.44. The maximum absolute atomic E-state index is 13.2. The third-order valence-electron chi connectivity index (χ3n) is 8.17. The van der Waals surface area contributed by atoms with Crippen molar-refractivity contribution in [3.05, 3.63) is 0 Å². The van der Waals surface area contributed by atoms with Crippen molar-refractivity contribution in [1.82, 2.24) is 37.0 Å². The van der Waals surface area contributed by atoms with E-state index in [0.29, 0.717) is 24.7 Å². The summed E-state index contributed by atoms with van der Waals surface area (Å²) in [4.78, 5) is 13.2. The van der Waals surface area contributed by atoms with Gasteiger partial charge in [0.1, 0.15) is 0 Å². The molecule has 5 saturated heterocycles. The second-order valence-electron chi connectivity index (χ2n) is 10.5. The van der Waals surface area contributed by atoms with Gasteiger partial charge < -0.3 is 15.4 Å². The fourth-order valence-corrected chi connectivity index (χ4v) is 8.06. The average Bonchev–Trinajstić information content (AvgIpc) is 3.44. The Bertz CT molecular complexity index is 665. The van der Waals surface area contributed by atoms with Crippen molar-refractivity contribution in [2.45, 2.75) is 81.3 Å². The molecule has 5 rings (SSSR count). The van der Waals surface area contributed by atoms with E-state index in [2.05, 4.69) is 55.7 Å². The maximum Gasteiger partial charge on any atom is 0.227 e. The van der Waals surface area contributed by atoms with Crippen LogP contribution < -0.4 is 32.0 Å². The summed E-state index contributed by atoms with van der Waals surface area (Å²) < 4.78 is 5.99. The zero-order chi connectivity index (χ0) is 22.8. The van der Waals surface area contributed by atoms with Crippen LogP contribution in [0.1, 0.15) is 39.5 Å². The lowest BCUT2D eigenvalue weighted by Gasteiger charge is -2.40. The van der Waals surface area contributed by atoms with Crippen molar-refractivity contribution >= 4 is 17.7 Å². The highest BCUT2D eigenvalue weighted by atomic mass is 32.2. The first kappa shape index (κ1) is 24.2. The van der Waals surface area contributed by atoms with Crippen molar-refractivity contribution < 1.29 is 9.53 Å². The van der Waals surface area contributed by atoms with Gasteiger partial charge in [-0.05, 0) is 57.7 Å². The third-order valence-corrected chi connectivity index (χ3v) is 9.66. The van der Waals surface area contributed by atoms with Gasteiger partial charge in [-0.15, -0.1) is 0 Å². The van der Waals surface area contributed by atoms with E-state index in [1.54, 1.807) is 0 Å². The number of fused-ring (bicyclic) bond motifs is 2. The van der Waals surface area contributed by atoms with Crippen LogP contribution in [-0.2, 0) is 9.53 Å². The number of hydrazine groups is 1. The predicted molar refractivity (Wildman–Crippen MR) is 132 cm³/mol. The molecule has 0 bridgehead atoms. The minimum absolute atomic E-state index is 0.0418. The fourth-order valence-electron chi connectivity index (χ4n) is 6.49. The van der Waals surface area contributed by atoms with E-state index < -0.39 is 0 Å². The molecular formula is C23H43N7O2S. The van der Waals surface area contributed by atoms with Crippen LogP contribution in [0.5, 0.6) is 0 Å². The highest BCUT2D eigenvalue weighted by Crippen LogP contribution is 2.38. The standard InChI is InChI=1S/C23H43N7O2S/c1-3-32-19-13-30-15(8-14(2)29-30)9-17(19)23(31)28-22-12-26-21(11-27-22)25-10-18-16-5-7-33-20(16)4-6-24-18/h14-22,24-27,29H,3-13H2,1-2H3,(H,28,31). The van der Waals surface area contributed by atoms with E-state index in [9.17, 15) is 4.79 Å². The Morgan fingerprint density at radius 3 is 2.82 bits per heavy atom. The van der Waals surface area contributed by atoms with E-state index in [4.69, 9.17) is 4.74 Å². The lowest BCUT2D eigenvalue weighted by atomic mass is 9.87. The molecule has 1 amide bonds. The largest absolute Gasteiger partial charge is 0.376 e. The van der Waals surface area contributed by atoms with Gasteiger partial charge in [0.05, 0.1) is 24.4 Å². The quantitative estimate of drug-likeness (QED) is 0.285. The van der Waals surface area contributed by atoms with Gasteiger partial charge in [0.25, 0.3) is 0 Å². The van der Waals surface area contributed by atoms with Gasteiger partial charge in [-0.1, -0.05) is 0 Å². The molecule has 0 aromatic heterocycles. The van der Waals surface area contributed by atoms with E-state index in [-0.39, 0.29) is 30.3 Å². The number of hydrogen-bond donors (Lipinski definition) is 6. The molecule has 0 spiro atoms. The molecular weight excluding hydrogens is 438 g/mol. The molecule has 5 aliphatic heterocycles. The number of nitrogens with zero attached hydrogens (tertiary/aromatic N) is 1. The maximum atomic E-state index is 13.2. The van der Waals surface area contributed by atoms with E-state index in [1.807, 2.05) is 6.92 Å². The van der Waals surface area contributed by atoms with E-state index in [1.165, 1.54) is 18.6 Å². The summed E-state index contributed by atoms with van der Waals surface area (Å²) >= 11 is 2.17. The second-order valence-corrected chi connectivity index (χ2v) is 11.8. The Morgan fingerprint density at radius 2 is 2.00 bits per heavy atom. The lowest BCUT2D eigenvalue weighted by molar-refractivity contribution is -0.137. The number of piperazine rings is 1. The third kappa shape index (κ3) is 5.69. The van der Waals surface area contributed by atoms with Gasteiger partial charge in [-0.25, -0.2) is 5.01 Å². The van der Waals surface area contributed by atoms with Crippen LogP contribution in [0.15, 0.2) is 0 Å². The molecule has 33 heavy (non-hydrogen) atoms. The van der Waals surface area contributed by atoms with Crippen molar-refractivity contribution in [3.63, 3.8) is 0 Å². The van der Waals surface area contributed by atoms with Crippen molar-refractivity contribution in [2.24, 2.45) is 11.8 Å². The Morgan fingerprint density at radius 1 is 1.15 bits per heavy atom. The summed E-state index contributed by atoms with van der Waals surface area (Å²) in [6.07, 6.45) is 4.74. The van der Waals surface area contributed by atoms with Crippen LogP contribution in [0.3, 0.4) is 0 Å². The van der Waals surface area contributed by atoms with Gasteiger partial charge in [0.15, 0.2) is 0 Å². The number of thioether (sulfide) groups is 1. The molecule has 0 aromatic rings. The van der Waals surface area contributed by atoms with Gasteiger partial charge >= 0.3 is 0 Å². The average molecular weight is 482 g/mol. The SMILES string of the molecule is CCOC1CN2NC(C)CC2CC1C(=O)NC1CNC(NCC2NCCC3SCCC23)CN1. The Balaban J connectivity index is 1.06. The molecule has 5 heterocycles. The number of amides is 1. The molecule has 5 fully saturated rings. The van der Waals surface area contributed by atoms with Crippen LogP contribution in [0, 0.1) is 11.8 Å². The first-order valence-electron chi connectivity index (χ1n) is 13.1. The van der Waals surface area contributed by atoms with Gasteiger partial charge in [0.2, 0.25) is 5.91 Å². The highest BCUT2D eigenvalue weighted by molar-refractivity contribution is 8.00. The Hall–Kier alpha value is -0.460. The van der Waals surface area contributed by atoms with Gasteiger partial charge in [0, 0.05) is 56.2 Å². The first-order valence-corrected chi connectivity index (χ1v) is 14.2. The molecule has 5 aliphatic rings. The number of piperidine rings is 2. The van der Waals surface area contributed by atoms with Crippen molar-refractivity contribution in [3.8, 4) is 0 Å². The number of carbonyl (C=O) groups is 1. The number of ether oxygens (including phenoxy) is 1. The summed E-state index contributed by atoms with van der Waals surface area (Å²) in [5, 5.41) is 20.9. The van der Waals surface area contributed by atoms with Gasteiger partial charge in [-0.2, -0.15) is 11.8 Å². The molecule has 9 atom stereocenters. The molecule has 0 radical (unpaired) electrons. The predicted octanol–water partition coefficient (Wildman–Crippen LogP) is -0.587. The Labute approximate surface area is 202 Å². The minimum Gasteiger partial charge on any atom is -0.376 e. The van der Waals surface area contributed by atoms with Crippen LogP contribution in [0.4, 0.5) is 0 Å². The van der Waals surface area contributed by atoms with E-state index >= 15 is 0 Å². The topological polar surface area (TPSA) is 102 Å². The van der Waals surface area contributed by atoms with E-state index in [0.717, 1.165) is 56.7 Å². The lowest BCUT2D eigenvalue weighted by Crippen LogP contribution is -2.66. The number of hydrogen-bond acceptors (Lipinski definition) is 9. The summed E-state index contributed by atoms with van der Waals surface area (Å²) in [7, 11) is 0. The first-order chi connectivity index (χ1) is 16.1. The van der Waals surface area contributed by atoms with Crippen LogP contribution >= 0.6 is 11.8 Å². The Kier molecular flexibility index (Phi) is 8.14. The zero-order valence-corrected chi connectivity index (χ0v) is 21.0. The fraction of sp³-hybridized carbons (Fsp3) is 0.957. The van der Waals surface area contributed by atoms with Crippen molar-refractivity contribution in [1.29, 1.82) is 0 Å². The molecule has 6 N–H and O–H groups in total. The van der Waals surface area contributed by atoms with Crippen LogP contribution in [0.2, 0.25) is 0 Å². The molecule has 0 aromatic carbocycles. The minimum atomic E-state index is -0.0921. The number of carbonyl (C=O) groups excluding carboxylic acids is 1. The number of rotatable bonds is 7. The molecule has 0 aliphatic carbocycles. The van der Waals surface area contributed by atoms with Crippen molar-refractivity contribution in [2.75, 3.05) is 45.1 Å². The molecule has 9 unspecified atom stereocenters. The van der Waals surface area contributed by atoms with Crippen LogP contribution in [0.25, 0.3) is 0 Å². The molecule has 10 heteroatoms. The molecule has 9 nitrogen and oxygen atoms in total. The monoisotopic (exact) mass is 481 g/mol.